The summed E-state index contributed by atoms with van der Waals surface area (Å²) in [6, 6.07) is 9.98. The van der Waals surface area contributed by atoms with E-state index in [-0.39, 0.29) is 29.5 Å². The maximum absolute atomic E-state index is 12.6. The summed E-state index contributed by atoms with van der Waals surface area (Å²) in [5.74, 6) is -1.76. The van der Waals surface area contributed by atoms with Gasteiger partial charge in [-0.1, -0.05) is 36.8 Å². The molecule has 32 heavy (non-hydrogen) atoms. The molecule has 0 radical (unpaired) electrons. The second-order valence-electron chi connectivity index (χ2n) is 9.00. The normalized spacial score (nSPS) is 27.6. The lowest BCUT2D eigenvalue weighted by atomic mass is 9.69. The third-order valence-electron chi connectivity index (χ3n) is 7.02. The molecule has 1 saturated heterocycles. The van der Waals surface area contributed by atoms with E-state index in [1.165, 1.54) is 10.5 Å². The predicted molar refractivity (Wildman–Crippen MR) is 121 cm³/mol. The number of amides is 1. The van der Waals surface area contributed by atoms with E-state index in [1.54, 1.807) is 18.3 Å². The zero-order valence-corrected chi connectivity index (χ0v) is 18.7. The van der Waals surface area contributed by atoms with E-state index in [0.717, 1.165) is 42.1 Å². The van der Waals surface area contributed by atoms with Crippen LogP contribution in [0.25, 0.3) is 0 Å². The molecule has 1 aromatic heterocycles. The van der Waals surface area contributed by atoms with Crippen LogP contribution in [0, 0.1) is 17.8 Å². The van der Waals surface area contributed by atoms with Gasteiger partial charge in [0.1, 0.15) is 5.70 Å². The van der Waals surface area contributed by atoms with Crippen LogP contribution < -0.4 is 5.32 Å². The third-order valence-corrected chi connectivity index (χ3v) is 7.87. The van der Waals surface area contributed by atoms with Crippen molar-refractivity contribution in [3.63, 3.8) is 0 Å². The molecule has 2 aliphatic heterocycles. The van der Waals surface area contributed by atoms with Crippen LogP contribution in [0.5, 0.6) is 0 Å². The Morgan fingerprint density at radius 2 is 2.09 bits per heavy atom. The van der Waals surface area contributed by atoms with Crippen molar-refractivity contribution < 1.29 is 19.8 Å². The number of nitrogens with zero attached hydrogens (tertiary/aromatic N) is 2. The molecule has 1 aliphatic carbocycles. The highest BCUT2D eigenvalue weighted by molar-refractivity contribution is 7.13. The number of β-lactam (4-membered cyclic amide) rings is 1. The molecule has 2 fully saturated rings. The molecule has 5 rings (SSSR count). The maximum Gasteiger partial charge on any atom is 0.352 e. The van der Waals surface area contributed by atoms with E-state index >= 15 is 0 Å². The minimum absolute atomic E-state index is 0.0175. The van der Waals surface area contributed by atoms with Crippen LogP contribution in [0.4, 0.5) is 5.13 Å². The van der Waals surface area contributed by atoms with E-state index in [9.17, 15) is 19.8 Å². The van der Waals surface area contributed by atoms with Gasteiger partial charge in [0.05, 0.1) is 23.8 Å². The highest BCUT2D eigenvalue weighted by Gasteiger charge is 2.62. The minimum Gasteiger partial charge on any atom is -0.477 e. The summed E-state index contributed by atoms with van der Waals surface area (Å²) < 4.78 is 0. The van der Waals surface area contributed by atoms with Crippen molar-refractivity contribution in [2.75, 3.05) is 11.9 Å². The van der Waals surface area contributed by atoms with Crippen molar-refractivity contribution in [1.29, 1.82) is 0 Å². The van der Waals surface area contributed by atoms with E-state index in [1.807, 2.05) is 23.6 Å². The van der Waals surface area contributed by atoms with Gasteiger partial charge in [0.25, 0.3) is 0 Å². The second-order valence-corrected chi connectivity index (χ2v) is 9.85. The van der Waals surface area contributed by atoms with Crippen molar-refractivity contribution in [3.05, 3.63) is 58.2 Å². The van der Waals surface area contributed by atoms with Crippen molar-refractivity contribution in [2.45, 2.75) is 44.8 Å². The SMILES string of the molecule is C[C@@H](O)[C@H]1C(=O)N2C(C(=O)O)=C3[C@@H](CNc4nc(Cc5ccccc5)cs4)CCC[C@@H]3[C@H]12. The lowest BCUT2D eigenvalue weighted by Crippen LogP contribution is -2.64. The maximum atomic E-state index is 12.6. The van der Waals surface area contributed by atoms with Crippen LogP contribution in [0.2, 0.25) is 0 Å². The molecule has 3 N–H and O–H groups in total. The van der Waals surface area contributed by atoms with E-state index in [0.29, 0.717) is 6.54 Å². The van der Waals surface area contributed by atoms with Gasteiger partial charge in [-0.15, -0.1) is 11.3 Å². The molecule has 0 bridgehead atoms. The Bertz CT molecular complexity index is 1060. The largest absolute Gasteiger partial charge is 0.477 e. The molecule has 1 aromatic carbocycles. The Balaban J connectivity index is 1.32. The van der Waals surface area contributed by atoms with E-state index in [2.05, 4.69) is 17.4 Å². The number of benzene rings is 1. The topological polar surface area (TPSA) is 103 Å². The van der Waals surface area contributed by atoms with Crippen molar-refractivity contribution in [3.8, 4) is 0 Å². The summed E-state index contributed by atoms with van der Waals surface area (Å²) in [5, 5.41) is 26.3. The van der Waals surface area contributed by atoms with Gasteiger partial charge in [-0.05, 0) is 30.9 Å². The number of aromatic nitrogens is 1. The molecule has 0 spiro atoms. The first kappa shape index (κ1) is 21.2. The van der Waals surface area contributed by atoms with Gasteiger partial charge in [0.2, 0.25) is 5.91 Å². The Hall–Kier alpha value is -2.71. The molecule has 8 heteroatoms. The van der Waals surface area contributed by atoms with Crippen LogP contribution in [0.1, 0.15) is 37.4 Å². The van der Waals surface area contributed by atoms with Crippen molar-refractivity contribution >= 4 is 28.3 Å². The summed E-state index contributed by atoms with van der Waals surface area (Å²) in [7, 11) is 0. The smallest absolute Gasteiger partial charge is 0.352 e. The van der Waals surface area contributed by atoms with Crippen LogP contribution in [0.15, 0.2) is 47.0 Å². The standard InChI is InChI=1S/C24H27N3O4S/c1-13(28)18-20-17-9-5-8-15(19(17)21(23(30)31)27(20)22(18)29)11-25-24-26-16(12-32-24)10-14-6-3-2-4-7-14/h2-4,6-7,12-13,15,17-18,20,28H,5,8-11H2,1H3,(H,25,26)(H,30,31)/t13-,15-,17+,18-,20-/m1/s1. The summed E-state index contributed by atoms with van der Waals surface area (Å²) >= 11 is 1.56. The van der Waals surface area contributed by atoms with Crippen molar-refractivity contribution in [1.82, 2.24) is 9.88 Å². The molecule has 168 valence electrons. The number of nitrogens with one attached hydrogen (secondary N) is 1. The Morgan fingerprint density at radius 1 is 1.31 bits per heavy atom. The zero-order valence-electron chi connectivity index (χ0n) is 17.9. The van der Waals surface area contributed by atoms with Gasteiger partial charge in [-0.2, -0.15) is 0 Å². The third kappa shape index (κ3) is 3.51. The number of carbonyl (C=O) groups is 2. The fraction of sp³-hybridized carbons (Fsp3) is 0.458. The van der Waals surface area contributed by atoms with Gasteiger partial charge in [-0.25, -0.2) is 9.78 Å². The summed E-state index contributed by atoms with van der Waals surface area (Å²) in [5.41, 5.74) is 3.24. The Labute approximate surface area is 190 Å². The minimum atomic E-state index is -1.05. The molecule has 5 atom stereocenters. The number of hydrogen-bond donors (Lipinski definition) is 3. The summed E-state index contributed by atoms with van der Waals surface area (Å²) in [6.45, 7) is 2.21. The van der Waals surface area contributed by atoms with Gasteiger partial charge >= 0.3 is 5.97 Å². The number of thiazole rings is 1. The number of aliphatic hydroxyl groups is 1. The lowest BCUT2D eigenvalue weighted by Gasteiger charge is -2.47. The number of carboxylic acid groups (broad SMARTS) is 1. The van der Waals surface area contributed by atoms with Gasteiger partial charge in [-0.3, -0.25) is 4.79 Å². The Morgan fingerprint density at radius 3 is 2.81 bits per heavy atom. The van der Waals surface area contributed by atoms with E-state index in [4.69, 9.17) is 4.98 Å². The molecule has 3 aliphatic rings. The molecule has 2 aromatic rings. The van der Waals surface area contributed by atoms with Crippen LogP contribution in [0.3, 0.4) is 0 Å². The molecule has 1 amide bonds. The van der Waals surface area contributed by atoms with Gasteiger partial charge < -0.3 is 20.4 Å². The van der Waals surface area contributed by atoms with E-state index < -0.39 is 18.0 Å². The van der Waals surface area contributed by atoms with Gasteiger partial charge in [0.15, 0.2) is 5.13 Å². The highest BCUT2D eigenvalue weighted by atomic mass is 32.1. The van der Waals surface area contributed by atoms with Crippen molar-refractivity contribution in [2.24, 2.45) is 17.8 Å². The van der Waals surface area contributed by atoms with Crippen LogP contribution in [-0.2, 0) is 16.0 Å². The molecule has 7 nitrogen and oxygen atoms in total. The molecule has 0 unspecified atom stereocenters. The fourth-order valence-corrected chi connectivity index (χ4v) is 6.42. The molecular weight excluding hydrogens is 426 g/mol. The molecule has 1 saturated carbocycles. The number of anilines is 1. The first-order chi connectivity index (χ1) is 15.5. The number of carboxylic acids is 1. The predicted octanol–water partition coefficient (Wildman–Crippen LogP) is 3.12. The quantitative estimate of drug-likeness (QED) is 0.557. The number of hydrogen-bond acceptors (Lipinski definition) is 6. The number of aliphatic carboxylic acids is 1. The lowest BCUT2D eigenvalue weighted by molar-refractivity contribution is -0.163. The molecule has 3 heterocycles. The fourth-order valence-electron chi connectivity index (χ4n) is 5.70. The monoisotopic (exact) mass is 453 g/mol. The van der Waals surface area contributed by atoms with Gasteiger partial charge in [0, 0.05) is 30.2 Å². The Kier molecular flexibility index (Phi) is 5.51. The number of carbonyl (C=O) groups excluding carboxylic acids is 1. The summed E-state index contributed by atoms with van der Waals surface area (Å²) in [4.78, 5) is 30.9. The highest BCUT2D eigenvalue weighted by Crippen LogP contribution is 2.53. The number of rotatable bonds is 7. The van der Waals surface area contributed by atoms with Crippen LogP contribution >= 0.6 is 11.3 Å². The number of fused-ring (bicyclic) bond motifs is 3. The summed E-state index contributed by atoms with van der Waals surface area (Å²) in [6.07, 6.45) is 2.73. The zero-order chi connectivity index (χ0) is 22.4. The molecular formula is C24H27N3O4S. The second kappa shape index (κ2) is 8.33. The average Bonchev–Trinajstić information content (AvgIpc) is 3.33. The van der Waals surface area contributed by atoms with Crippen LogP contribution in [-0.4, -0.2) is 50.7 Å². The number of aliphatic hydroxyl groups excluding tert-OH is 1. The first-order valence-corrected chi connectivity index (χ1v) is 12.0. The first-order valence-electron chi connectivity index (χ1n) is 11.2. The average molecular weight is 454 g/mol.